The summed E-state index contributed by atoms with van der Waals surface area (Å²) in [6, 6.07) is 1.59. The van der Waals surface area contributed by atoms with E-state index in [0.29, 0.717) is 5.69 Å². The van der Waals surface area contributed by atoms with Gasteiger partial charge in [0, 0.05) is 25.4 Å². The van der Waals surface area contributed by atoms with E-state index < -0.39 is 18.4 Å². The summed E-state index contributed by atoms with van der Waals surface area (Å²) in [5.74, 6) is -1.70. The third kappa shape index (κ3) is 2.58. The molecule has 1 rings (SSSR count). The molecule has 0 aromatic carbocycles. The Hall–Kier alpha value is -1.33. The van der Waals surface area contributed by atoms with Crippen LogP contribution in [0.5, 0.6) is 0 Å². The normalized spacial score (nSPS) is 11.7. The number of ketones is 1. The molecule has 0 aliphatic rings. The molecule has 1 aromatic rings. The van der Waals surface area contributed by atoms with Gasteiger partial charge in [0.2, 0.25) is 5.78 Å². The molecular formula is C8H9F3N2O. The zero-order valence-corrected chi connectivity index (χ0v) is 7.51. The monoisotopic (exact) mass is 206 g/mol. The number of aromatic nitrogens is 2. The van der Waals surface area contributed by atoms with Crippen LogP contribution in [0.2, 0.25) is 0 Å². The van der Waals surface area contributed by atoms with Gasteiger partial charge in [0.15, 0.2) is 0 Å². The fourth-order valence-electron chi connectivity index (χ4n) is 1.03. The number of carbonyl (C=O) groups is 1. The molecule has 14 heavy (non-hydrogen) atoms. The van der Waals surface area contributed by atoms with E-state index in [9.17, 15) is 18.0 Å². The molecule has 0 aliphatic heterocycles. The number of hydrogen-bond acceptors (Lipinski definition) is 2. The highest BCUT2D eigenvalue weighted by atomic mass is 19.4. The maximum absolute atomic E-state index is 11.8. The van der Waals surface area contributed by atoms with Gasteiger partial charge in [-0.15, -0.1) is 0 Å². The summed E-state index contributed by atoms with van der Waals surface area (Å²) < 4.78 is 36.9. The second kappa shape index (κ2) is 3.81. The van der Waals surface area contributed by atoms with Crippen molar-refractivity contribution in [3.05, 3.63) is 18.0 Å². The lowest BCUT2D eigenvalue weighted by molar-refractivity contribution is -0.171. The molecule has 0 saturated carbocycles. The van der Waals surface area contributed by atoms with E-state index in [1.165, 1.54) is 10.9 Å². The van der Waals surface area contributed by atoms with Crippen molar-refractivity contribution in [2.24, 2.45) is 7.05 Å². The lowest BCUT2D eigenvalue weighted by Crippen LogP contribution is -2.23. The van der Waals surface area contributed by atoms with E-state index in [1.54, 1.807) is 13.1 Å². The van der Waals surface area contributed by atoms with E-state index in [1.807, 2.05) is 0 Å². The van der Waals surface area contributed by atoms with E-state index in [4.69, 9.17) is 0 Å². The molecule has 0 fully saturated rings. The number of hydrogen-bond donors (Lipinski definition) is 0. The summed E-state index contributed by atoms with van der Waals surface area (Å²) in [5.41, 5.74) is 0.614. The summed E-state index contributed by atoms with van der Waals surface area (Å²) in [4.78, 5) is 10.5. The number of rotatable bonds is 3. The van der Waals surface area contributed by atoms with E-state index in [-0.39, 0.29) is 6.42 Å². The topological polar surface area (TPSA) is 34.9 Å². The van der Waals surface area contributed by atoms with Crippen molar-refractivity contribution in [2.75, 3.05) is 0 Å². The average molecular weight is 206 g/mol. The maximum atomic E-state index is 11.8. The molecule has 1 heterocycles. The van der Waals surface area contributed by atoms with Gasteiger partial charge in [-0.3, -0.25) is 9.48 Å². The standard InChI is InChI=1S/C8H9F3N2O/c1-13-6(4-5-12-13)2-3-7(14)8(9,10)11/h4-5H,2-3H2,1H3. The Morgan fingerprint density at radius 2 is 2.21 bits per heavy atom. The van der Waals surface area contributed by atoms with Gasteiger partial charge in [-0.2, -0.15) is 18.3 Å². The Labute approximate surface area is 78.5 Å². The van der Waals surface area contributed by atoms with E-state index in [2.05, 4.69) is 5.10 Å². The van der Waals surface area contributed by atoms with Gasteiger partial charge in [-0.1, -0.05) is 0 Å². The highest BCUT2D eigenvalue weighted by Crippen LogP contribution is 2.18. The van der Waals surface area contributed by atoms with Gasteiger partial charge >= 0.3 is 6.18 Å². The smallest absolute Gasteiger partial charge is 0.290 e. The molecule has 0 aliphatic carbocycles. The Morgan fingerprint density at radius 3 is 2.64 bits per heavy atom. The highest BCUT2D eigenvalue weighted by Gasteiger charge is 2.37. The van der Waals surface area contributed by atoms with Crippen LogP contribution in [0.25, 0.3) is 0 Å². The first kappa shape index (κ1) is 10.7. The predicted octanol–water partition coefficient (Wildman–Crippen LogP) is 1.48. The summed E-state index contributed by atoms with van der Waals surface area (Å²) in [5, 5.41) is 3.78. The van der Waals surface area contributed by atoms with Crippen molar-refractivity contribution in [3.8, 4) is 0 Å². The van der Waals surface area contributed by atoms with Crippen molar-refractivity contribution < 1.29 is 18.0 Å². The fourth-order valence-corrected chi connectivity index (χ4v) is 1.03. The molecule has 3 nitrogen and oxygen atoms in total. The van der Waals surface area contributed by atoms with E-state index >= 15 is 0 Å². The second-order valence-electron chi connectivity index (χ2n) is 2.87. The lowest BCUT2D eigenvalue weighted by atomic mass is 10.2. The average Bonchev–Trinajstić information content (AvgIpc) is 2.45. The Bertz CT molecular complexity index is 330. The Balaban J connectivity index is 2.50. The molecule has 0 saturated heterocycles. The molecule has 0 bridgehead atoms. The number of nitrogens with zero attached hydrogens (tertiary/aromatic N) is 2. The van der Waals surface area contributed by atoms with Crippen molar-refractivity contribution >= 4 is 5.78 Å². The van der Waals surface area contributed by atoms with Crippen LogP contribution in [-0.2, 0) is 18.3 Å². The molecule has 1 aromatic heterocycles. The number of halogens is 3. The van der Waals surface area contributed by atoms with Crippen LogP contribution in [0.3, 0.4) is 0 Å². The van der Waals surface area contributed by atoms with Crippen LogP contribution in [0.1, 0.15) is 12.1 Å². The summed E-state index contributed by atoms with van der Waals surface area (Å²) in [7, 11) is 1.62. The summed E-state index contributed by atoms with van der Waals surface area (Å²) >= 11 is 0. The van der Waals surface area contributed by atoms with Crippen molar-refractivity contribution in [1.29, 1.82) is 0 Å². The van der Waals surface area contributed by atoms with Gasteiger partial charge < -0.3 is 0 Å². The molecule has 0 radical (unpaired) electrons. The number of Topliss-reactive ketones (excluding diaryl/α,β-unsaturated/α-hetero) is 1. The number of carbonyl (C=O) groups excluding carboxylic acids is 1. The highest BCUT2D eigenvalue weighted by molar-refractivity contribution is 5.84. The molecule has 0 atom stereocenters. The molecule has 0 N–H and O–H groups in total. The zero-order valence-electron chi connectivity index (χ0n) is 7.51. The Kier molecular flexibility index (Phi) is 2.93. The van der Waals surface area contributed by atoms with Gasteiger partial charge in [0.1, 0.15) is 0 Å². The van der Waals surface area contributed by atoms with Crippen LogP contribution < -0.4 is 0 Å². The predicted molar refractivity (Wildman–Crippen MR) is 42.6 cm³/mol. The molecule has 0 amide bonds. The third-order valence-corrected chi connectivity index (χ3v) is 1.85. The zero-order chi connectivity index (χ0) is 10.8. The number of alkyl halides is 3. The van der Waals surface area contributed by atoms with Crippen molar-refractivity contribution in [1.82, 2.24) is 9.78 Å². The van der Waals surface area contributed by atoms with Crippen molar-refractivity contribution in [2.45, 2.75) is 19.0 Å². The minimum absolute atomic E-state index is 0.0643. The Morgan fingerprint density at radius 1 is 1.57 bits per heavy atom. The molecule has 6 heteroatoms. The van der Waals surface area contributed by atoms with Crippen molar-refractivity contribution in [3.63, 3.8) is 0 Å². The molecular weight excluding hydrogens is 197 g/mol. The SMILES string of the molecule is Cn1nccc1CCC(=O)C(F)(F)F. The van der Waals surface area contributed by atoms with Crippen LogP contribution >= 0.6 is 0 Å². The van der Waals surface area contributed by atoms with Crippen LogP contribution in [-0.4, -0.2) is 21.7 Å². The molecule has 0 unspecified atom stereocenters. The van der Waals surface area contributed by atoms with Crippen LogP contribution in [0.15, 0.2) is 12.3 Å². The lowest BCUT2D eigenvalue weighted by Gasteiger charge is -2.04. The first-order valence-electron chi connectivity index (χ1n) is 3.98. The van der Waals surface area contributed by atoms with Crippen LogP contribution in [0.4, 0.5) is 13.2 Å². The fraction of sp³-hybridized carbons (Fsp3) is 0.500. The number of aryl methyl sites for hydroxylation is 2. The summed E-state index contributed by atoms with van der Waals surface area (Å²) in [6.07, 6.45) is -3.70. The largest absolute Gasteiger partial charge is 0.449 e. The minimum atomic E-state index is -4.72. The molecule has 0 spiro atoms. The van der Waals surface area contributed by atoms with Gasteiger partial charge in [0.05, 0.1) is 0 Å². The van der Waals surface area contributed by atoms with Gasteiger partial charge in [0.25, 0.3) is 0 Å². The first-order valence-corrected chi connectivity index (χ1v) is 3.98. The minimum Gasteiger partial charge on any atom is -0.290 e. The maximum Gasteiger partial charge on any atom is 0.449 e. The summed E-state index contributed by atoms with van der Waals surface area (Å²) in [6.45, 7) is 0. The van der Waals surface area contributed by atoms with E-state index in [0.717, 1.165) is 0 Å². The van der Waals surface area contributed by atoms with Gasteiger partial charge in [-0.25, -0.2) is 0 Å². The molecule has 78 valence electrons. The third-order valence-electron chi connectivity index (χ3n) is 1.85. The second-order valence-corrected chi connectivity index (χ2v) is 2.87. The quantitative estimate of drug-likeness (QED) is 0.750. The van der Waals surface area contributed by atoms with Gasteiger partial charge in [-0.05, 0) is 12.5 Å². The van der Waals surface area contributed by atoms with Crippen LogP contribution in [0, 0.1) is 0 Å². The first-order chi connectivity index (χ1) is 6.41.